The molecule has 1 aromatic carbocycles. The topological polar surface area (TPSA) is 72.6 Å². The van der Waals surface area contributed by atoms with Crippen LogP contribution >= 0.6 is 0 Å². The van der Waals surface area contributed by atoms with E-state index in [1.807, 2.05) is 27.7 Å². The highest BCUT2D eigenvalue weighted by Gasteiger charge is 2.14. The van der Waals surface area contributed by atoms with Gasteiger partial charge in [-0.2, -0.15) is 0 Å². The van der Waals surface area contributed by atoms with Crippen LogP contribution in [-0.4, -0.2) is 23.2 Å². The Labute approximate surface area is 109 Å². The Kier molecular flexibility index (Phi) is 12.3. The normalized spacial score (nSPS) is 8.33. The minimum absolute atomic E-state index is 0.0594. The lowest BCUT2D eigenvalue weighted by Gasteiger charge is -2.04. The van der Waals surface area contributed by atoms with Crippen molar-refractivity contribution in [3.05, 3.63) is 33.9 Å². The highest BCUT2D eigenvalue weighted by Crippen LogP contribution is 2.27. The Hall–Kier alpha value is -1.62. The maximum atomic E-state index is 10.6. The molecule has 0 amide bonds. The lowest BCUT2D eigenvalue weighted by Crippen LogP contribution is -2.03. The average molecular weight is 257 g/mol. The molecule has 0 fully saturated rings. The Balaban J connectivity index is 0. The van der Waals surface area contributed by atoms with Crippen LogP contribution in [0.4, 0.5) is 5.69 Å². The highest BCUT2D eigenvalue weighted by atomic mass is 16.6. The molecule has 5 nitrogen and oxygen atoms in total. The number of hydrogen-bond donors (Lipinski definition) is 1. The van der Waals surface area contributed by atoms with Gasteiger partial charge >= 0.3 is 5.69 Å². The fourth-order valence-electron chi connectivity index (χ4n) is 1.05. The van der Waals surface area contributed by atoms with E-state index in [0.29, 0.717) is 0 Å². The van der Waals surface area contributed by atoms with Gasteiger partial charge in [-0.05, 0) is 18.6 Å². The Bertz CT molecular complexity index is 340. The molecule has 0 radical (unpaired) electrons. The van der Waals surface area contributed by atoms with Crippen molar-refractivity contribution in [1.29, 1.82) is 0 Å². The molecular weight excluding hydrogens is 234 g/mol. The van der Waals surface area contributed by atoms with Gasteiger partial charge in [0.25, 0.3) is 0 Å². The molecule has 1 aromatic rings. The van der Waals surface area contributed by atoms with Gasteiger partial charge in [-0.15, -0.1) is 0 Å². The molecule has 0 spiro atoms. The van der Waals surface area contributed by atoms with Crippen molar-refractivity contribution in [3.63, 3.8) is 0 Å². The number of nitro benzene ring substituents is 1. The van der Waals surface area contributed by atoms with Gasteiger partial charge in [-0.25, -0.2) is 0 Å². The van der Waals surface area contributed by atoms with Gasteiger partial charge in [0.15, 0.2) is 5.75 Å². The number of nitrogens with zero attached hydrogens (tertiary/aromatic N) is 1. The summed E-state index contributed by atoms with van der Waals surface area (Å²) in [6, 6.07) is 4.69. The number of rotatable bonds is 4. The van der Waals surface area contributed by atoms with Gasteiger partial charge < -0.3 is 9.84 Å². The van der Waals surface area contributed by atoms with Crippen LogP contribution in [0, 0.1) is 17.0 Å². The average Bonchev–Trinajstić information content (AvgIpc) is 2.41. The number of aryl methyl sites for hydroxylation is 1. The van der Waals surface area contributed by atoms with Crippen LogP contribution in [0.5, 0.6) is 5.75 Å². The van der Waals surface area contributed by atoms with E-state index < -0.39 is 4.92 Å². The number of aliphatic hydroxyl groups is 1. The molecule has 18 heavy (non-hydrogen) atoms. The lowest BCUT2D eigenvalue weighted by molar-refractivity contribution is -0.385. The van der Waals surface area contributed by atoms with Crippen molar-refractivity contribution in [1.82, 2.24) is 0 Å². The minimum Gasteiger partial charge on any atom is -0.484 e. The second kappa shape index (κ2) is 11.9. The van der Waals surface area contributed by atoms with Crippen molar-refractivity contribution < 1.29 is 14.8 Å². The Morgan fingerprint density at radius 3 is 2.28 bits per heavy atom. The van der Waals surface area contributed by atoms with Crippen molar-refractivity contribution in [2.75, 3.05) is 13.2 Å². The molecule has 0 unspecified atom stereocenters. The molecule has 0 saturated carbocycles. The first-order valence-corrected chi connectivity index (χ1v) is 6.14. The predicted molar refractivity (Wildman–Crippen MR) is 73.1 cm³/mol. The van der Waals surface area contributed by atoms with Crippen LogP contribution < -0.4 is 4.74 Å². The molecule has 104 valence electrons. The smallest absolute Gasteiger partial charge is 0.311 e. The minimum atomic E-state index is -0.500. The second-order valence-electron chi connectivity index (χ2n) is 2.80. The van der Waals surface area contributed by atoms with Gasteiger partial charge in [0.05, 0.1) is 11.5 Å². The van der Waals surface area contributed by atoms with Gasteiger partial charge in [-0.1, -0.05) is 33.8 Å². The number of ether oxygens (including phenoxy) is 1. The summed E-state index contributed by atoms with van der Waals surface area (Å²) < 4.78 is 5.01. The van der Waals surface area contributed by atoms with Crippen molar-refractivity contribution in [2.45, 2.75) is 34.6 Å². The molecule has 1 rings (SSSR count). The fourth-order valence-corrected chi connectivity index (χ4v) is 1.05. The van der Waals surface area contributed by atoms with E-state index in [9.17, 15) is 10.1 Å². The predicted octanol–water partition coefficient (Wildman–Crippen LogP) is 3.33. The summed E-state index contributed by atoms with van der Waals surface area (Å²) in [7, 11) is 0. The molecule has 0 saturated heterocycles. The third kappa shape index (κ3) is 6.85. The zero-order valence-corrected chi connectivity index (χ0v) is 11.8. The summed E-state index contributed by atoms with van der Waals surface area (Å²) >= 11 is 0. The first-order chi connectivity index (χ1) is 8.65. The number of nitro groups is 1. The van der Waals surface area contributed by atoms with Crippen LogP contribution in [0.3, 0.4) is 0 Å². The van der Waals surface area contributed by atoms with Crippen LogP contribution in [0.15, 0.2) is 18.2 Å². The fraction of sp³-hybridized carbons (Fsp3) is 0.538. The Morgan fingerprint density at radius 2 is 1.83 bits per heavy atom. The van der Waals surface area contributed by atoms with Gasteiger partial charge in [0.2, 0.25) is 0 Å². The standard InChI is InChI=1S/C9H11NO4.2C2H6/c1-7-2-3-9(14-5-4-11)8(6-7)10(12)13;2*1-2/h2-3,6,11H,4-5H2,1H3;2*1-2H3. The number of aliphatic hydroxyl groups excluding tert-OH is 1. The summed E-state index contributed by atoms with van der Waals surface area (Å²) in [4.78, 5) is 10.1. The van der Waals surface area contributed by atoms with Gasteiger partial charge in [0.1, 0.15) is 6.61 Å². The third-order valence-electron chi connectivity index (χ3n) is 1.66. The summed E-state index contributed by atoms with van der Waals surface area (Å²) in [6.07, 6.45) is 0. The zero-order valence-electron chi connectivity index (χ0n) is 11.8. The number of hydrogen-bond acceptors (Lipinski definition) is 4. The third-order valence-corrected chi connectivity index (χ3v) is 1.66. The first kappa shape index (κ1) is 18.7. The first-order valence-electron chi connectivity index (χ1n) is 6.14. The van der Waals surface area contributed by atoms with E-state index in [0.717, 1.165) is 5.56 Å². The highest BCUT2D eigenvalue weighted by molar-refractivity contribution is 5.48. The molecule has 5 heteroatoms. The van der Waals surface area contributed by atoms with E-state index in [1.54, 1.807) is 13.0 Å². The SMILES string of the molecule is CC.CC.Cc1ccc(OCCO)c([N+](=O)[O-])c1. The maximum Gasteiger partial charge on any atom is 0.311 e. The molecule has 0 aliphatic carbocycles. The molecule has 0 bridgehead atoms. The van der Waals surface area contributed by atoms with Crippen LogP contribution in [-0.2, 0) is 0 Å². The van der Waals surface area contributed by atoms with Gasteiger partial charge in [0, 0.05) is 6.07 Å². The molecule has 0 aromatic heterocycles. The van der Waals surface area contributed by atoms with E-state index >= 15 is 0 Å². The molecule has 0 heterocycles. The van der Waals surface area contributed by atoms with Gasteiger partial charge in [-0.3, -0.25) is 10.1 Å². The van der Waals surface area contributed by atoms with Crippen molar-refractivity contribution >= 4 is 5.69 Å². The number of benzene rings is 1. The Morgan fingerprint density at radius 1 is 1.28 bits per heavy atom. The molecule has 0 aliphatic heterocycles. The zero-order chi connectivity index (χ0) is 14.6. The largest absolute Gasteiger partial charge is 0.484 e. The van der Waals surface area contributed by atoms with E-state index in [1.165, 1.54) is 12.1 Å². The second-order valence-corrected chi connectivity index (χ2v) is 2.80. The monoisotopic (exact) mass is 257 g/mol. The van der Waals surface area contributed by atoms with Crippen LogP contribution in [0.1, 0.15) is 33.3 Å². The van der Waals surface area contributed by atoms with Crippen molar-refractivity contribution in [2.24, 2.45) is 0 Å². The quantitative estimate of drug-likeness (QED) is 0.663. The molecule has 0 aliphatic rings. The lowest BCUT2D eigenvalue weighted by atomic mass is 10.2. The molecular formula is C13H23NO4. The van der Waals surface area contributed by atoms with E-state index in [4.69, 9.17) is 9.84 Å². The summed E-state index contributed by atoms with van der Waals surface area (Å²) in [5, 5.41) is 19.1. The summed E-state index contributed by atoms with van der Waals surface area (Å²) in [5.41, 5.74) is 0.728. The van der Waals surface area contributed by atoms with Crippen LogP contribution in [0.2, 0.25) is 0 Å². The summed E-state index contributed by atoms with van der Waals surface area (Å²) in [6.45, 7) is 9.66. The molecule has 0 atom stereocenters. The van der Waals surface area contributed by atoms with E-state index in [-0.39, 0.29) is 24.7 Å². The van der Waals surface area contributed by atoms with Crippen LogP contribution in [0.25, 0.3) is 0 Å². The van der Waals surface area contributed by atoms with E-state index in [2.05, 4.69) is 0 Å². The maximum absolute atomic E-state index is 10.6. The molecule has 1 N–H and O–H groups in total. The summed E-state index contributed by atoms with van der Waals surface area (Å²) in [5.74, 6) is 0.189. The van der Waals surface area contributed by atoms with Crippen molar-refractivity contribution in [3.8, 4) is 5.75 Å².